The Bertz CT molecular complexity index is 1270. The lowest BCUT2D eigenvalue weighted by Gasteiger charge is -2.44. The first-order chi connectivity index (χ1) is 17.4. The van der Waals surface area contributed by atoms with Crippen molar-refractivity contribution >= 4 is 11.8 Å². The van der Waals surface area contributed by atoms with E-state index in [2.05, 4.69) is 10.4 Å². The molecule has 2 heterocycles. The first-order valence-electron chi connectivity index (χ1n) is 12.5. The number of nitrogens with one attached hydrogen (secondary N) is 1. The molecule has 0 radical (unpaired) electrons. The average Bonchev–Trinajstić information content (AvgIpc) is 3.32. The van der Waals surface area contributed by atoms with Crippen LogP contribution in [0, 0.1) is 5.82 Å². The van der Waals surface area contributed by atoms with Crippen molar-refractivity contribution in [2.24, 2.45) is 0 Å². The Morgan fingerprint density at radius 1 is 1.14 bits per heavy atom. The molecule has 7 nitrogen and oxygen atoms in total. The molecule has 1 fully saturated rings. The minimum atomic E-state index is -1.23. The van der Waals surface area contributed by atoms with Crippen molar-refractivity contribution in [1.82, 2.24) is 20.0 Å². The number of carbonyl (C=O) groups is 2. The summed E-state index contributed by atoms with van der Waals surface area (Å²) in [6.45, 7) is 1.92. The van der Waals surface area contributed by atoms with E-state index in [0.717, 1.165) is 37.0 Å². The molecule has 2 amide bonds. The van der Waals surface area contributed by atoms with E-state index in [4.69, 9.17) is 4.74 Å². The van der Waals surface area contributed by atoms with Gasteiger partial charge in [0.15, 0.2) is 0 Å². The molecule has 36 heavy (non-hydrogen) atoms. The second kappa shape index (κ2) is 9.76. The lowest BCUT2D eigenvalue weighted by Crippen LogP contribution is -2.64. The van der Waals surface area contributed by atoms with Gasteiger partial charge in [0.05, 0.1) is 25.9 Å². The monoisotopic (exact) mass is 490 g/mol. The number of amides is 2. The van der Waals surface area contributed by atoms with Crippen molar-refractivity contribution in [1.29, 1.82) is 0 Å². The van der Waals surface area contributed by atoms with E-state index in [-0.39, 0.29) is 30.9 Å². The lowest BCUT2D eigenvalue weighted by atomic mass is 9.91. The summed E-state index contributed by atoms with van der Waals surface area (Å²) in [5.41, 5.74) is 0.974. The van der Waals surface area contributed by atoms with Crippen molar-refractivity contribution < 1.29 is 18.7 Å². The van der Waals surface area contributed by atoms with Gasteiger partial charge in [0.25, 0.3) is 5.91 Å². The topological polar surface area (TPSA) is 76.5 Å². The van der Waals surface area contributed by atoms with Gasteiger partial charge in [-0.05, 0) is 56.2 Å². The van der Waals surface area contributed by atoms with E-state index in [0.29, 0.717) is 17.0 Å². The van der Waals surface area contributed by atoms with Crippen molar-refractivity contribution in [3.05, 3.63) is 71.7 Å². The van der Waals surface area contributed by atoms with Crippen LogP contribution in [-0.2, 0) is 17.9 Å². The summed E-state index contributed by atoms with van der Waals surface area (Å²) in [6.07, 6.45) is 5.18. The van der Waals surface area contributed by atoms with Crippen LogP contribution in [0.25, 0.3) is 11.3 Å². The van der Waals surface area contributed by atoms with E-state index in [9.17, 15) is 14.0 Å². The fourth-order valence-electron chi connectivity index (χ4n) is 5.18. The number of hydrogen-bond donors (Lipinski definition) is 1. The highest BCUT2D eigenvalue weighted by Gasteiger charge is 2.48. The molecule has 8 heteroatoms. The number of benzene rings is 2. The molecule has 0 saturated heterocycles. The summed E-state index contributed by atoms with van der Waals surface area (Å²) in [5, 5.41) is 7.87. The number of fused-ring (bicyclic) bond motifs is 1. The minimum Gasteiger partial charge on any atom is -0.497 e. The van der Waals surface area contributed by atoms with Crippen LogP contribution in [0.2, 0.25) is 0 Å². The quantitative estimate of drug-likeness (QED) is 0.550. The molecule has 1 aliphatic carbocycles. The molecule has 0 spiro atoms. The Morgan fingerprint density at radius 3 is 2.56 bits per heavy atom. The third kappa shape index (κ3) is 4.47. The Balaban J connectivity index is 1.51. The van der Waals surface area contributed by atoms with Crippen LogP contribution in [-0.4, -0.2) is 45.2 Å². The molecule has 1 saturated carbocycles. The second-order valence-electron chi connectivity index (χ2n) is 9.87. The highest BCUT2D eigenvalue weighted by Crippen LogP contribution is 2.33. The predicted octanol–water partition coefficient (Wildman–Crippen LogP) is 4.56. The number of aromatic nitrogens is 2. The molecule has 3 aromatic rings. The average molecular weight is 491 g/mol. The van der Waals surface area contributed by atoms with E-state index in [1.165, 1.54) is 17.4 Å². The van der Waals surface area contributed by atoms with Gasteiger partial charge in [-0.3, -0.25) is 14.3 Å². The van der Waals surface area contributed by atoms with Gasteiger partial charge in [-0.1, -0.05) is 37.5 Å². The van der Waals surface area contributed by atoms with Gasteiger partial charge in [-0.15, -0.1) is 0 Å². The summed E-state index contributed by atoms with van der Waals surface area (Å²) < 4.78 is 21.5. The summed E-state index contributed by atoms with van der Waals surface area (Å²) in [5.74, 6) is -0.260. The number of carbonyl (C=O) groups excluding carboxylic acids is 2. The van der Waals surface area contributed by atoms with Gasteiger partial charge in [-0.25, -0.2) is 4.39 Å². The van der Waals surface area contributed by atoms with Crippen LogP contribution in [0.1, 0.15) is 55.1 Å². The number of rotatable bonds is 6. The van der Waals surface area contributed by atoms with Gasteiger partial charge in [-0.2, -0.15) is 5.10 Å². The number of methoxy groups -OCH3 is 1. The molecule has 2 aromatic carbocycles. The van der Waals surface area contributed by atoms with Crippen molar-refractivity contribution in [2.75, 3.05) is 7.11 Å². The molecule has 1 atom stereocenters. The van der Waals surface area contributed by atoms with Crippen molar-refractivity contribution in [3.8, 4) is 17.0 Å². The normalized spacial score (nSPS) is 20.2. The number of nitrogens with zero attached hydrogens (tertiary/aromatic N) is 3. The zero-order valence-corrected chi connectivity index (χ0v) is 20.7. The van der Waals surface area contributed by atoms with Crippen LogP contribution in [0.5, 0.6) is 5.75 Å². The third-order valence-electron chi connectivity index (χ3n) is 7.40. The van der Waals surface area contributed by atoms with Gasteiger partial charge in [0.2, 0.25) is 5.91 Å². The molecule has 1 unspecified atom stereocenters. The molecule has 1 aliphatic heterocycles. The standard InChI is InChI=1S/C28H31FN4O3/c1-28(27(35)30-21-9-4-3-5-10-21)18-33-25(16-24(31-33)19-12-14-22(36-2)15-13-19)26(34)32(28)17-20-8-6-7-11-23(20)29/h6-8,11-16,21H,3-5,9-10,17-18H2,1-2H3,(H,30,35). The summed E-state index contributed by atoms with van der Waals surface area (Å²) in [6, 6.07) is 15.6. The third-order valence-corrected chi connectivity index (χ3v) is 7.40. The molecular weight excluding hydrogens is 459 g/mol. The maximum atomic E-state index is 14.6. The fraction of sp³-hybridized carbons (Fsp3) is 0.393. The van der Waals surface area contributed by atoms with Crippen molar-refractivity contribution in [2.45, 2.75) is 63.7 Å². The zero-order chi connectivity index (χ0) is 25.3. The maximum absolute atomic E-state index is 14.6. The highest BCUT2D eigenvalue weighted by molar-refractivity contribution is 6.00. The zero-order valence-electron chi connectivity index (χ0n) is 20.7. The van der Waals surface area contributed by atoms with Crippen LogP contribution in [0.15, 0.2) is 54.6 Å². The van der Waals surface area contributed by atoms with E-state index in [1.54, 1.807) is 43.0 Å². The van der Waals surface area contributed by atoms with Gasteiger partial charge in [0.1, 0.15) is 22.8 Å². The Labute approximate surface area is 210 Å². The number of ether oxygens (including phenoxy) is 1. The first-order valence-corrected chi connectivity index (χ1v) is 12.5. The Hall–Kier alpha value is -3.68. The fourth-order valence-corrected chi connectivity index (χ4v) is 5.18. The van der Waals surface area contributed by atoms with Gasteiger partial charge < -0.3 is 15.0 Å². The molecule has 0 bridgehead atoms. The van der Waals surface area contributed by atoms with E-state index < -0.39 is 11.4 Å². The molecular formula is C28H31FN4O3. The Kier molecular flexibility index (Phi) is 6.51. The molecule has 2 aliphatic rings. The molecule has 5 rings (SSSR count). The summed E-state index contributed by atoms with van der Waals surface area (Å²) >= 11 is 0. The number of halogens is 1. The SMILES string of the molecule is COc1ccc(-c2cc3n(n2)CC(C)(C(=O)NC2CCCCC2)N(Cc2ccccc2F)C3=O)cc1. The Morgan fingerprint density at radius 2 is 1.86 bits per heavy atom. The molecule has 1 aromatic heterocycles. The smallest absolute Gasteiger partial charge is 0.273 e. The van der Waals surface area contributed by atoms with Crippen LogP contribution >= 0.6 is 0 Å². The predicted molar refractivity (Wildman–Crippen MR) is 134 cm³/mol. The summed E-state index contributed by atoms with van der Waals surface area (Å²) in [4.78, 5) is 29.1. The van der Waals surface area contributed by atoms with Gasteiger partial charge >= 0.3 is 0 Å². The highest BCUT2D eigenvalue weighted by atomic mass is 19.1. The van der Waals surface area contributed by atoms with Crippen LogP contribution < -0.4 is 10.1 Å². The van der Waals surface area contributed by atoms with E-state index in [1.807, 2.05) is 24.3 Å². The first kappa shape index (κ1) is 24.0. The second-order valence-corrected chi connectivity index (χ2v) is 9.87. The van der Waals surface area contributed by atoms with Crippen LogP contribution in [0.4, 0.5) is 4.39 Å². The largest absolute Gasteiger partial charge is 0.497 e. The lowest BCUT2D eigenvalue weighted by molar-refractivity contribution is -0.134. The summed E-state index contributed by atoms with van der Waals surface area (Å²) in [7, 11) is 1.60. The minimum absolute atomic E-state index is 0.0108. The molecule has 188 valence electrons. The maximum Gasteiger partial charge on any atom is 0.273 e. The van der Waals surface area contributed by atoms with Crippen LogP contribution in [0.3, 0.4) is 0 Å². The van der Waals surface area contributed by atoms with Gasteiger partial charge in [0, 0.05) is 17.2 Å². The number of hydrogen-bond acceptors (Lipinski definition) is 4. The van der Waals surface area contributed by atoms with Crippen molar-refractivity contribution in [3.63, 3.8) is 0 Å². The van der Waals surface area contributed by atoms with E-state index >= 15 is 0 Å². The molecule has 1 N–H and O–H groups in total.